The zero-order chi connectivity index (χ0) is 19.8. The van der Waals surface area contributed by atoms with Crippen molar-refractivity contribution in [2.75, 3.05) is 0 Å². The third-order valence-corrected chi connectivity index (χ3v) is 8.31. The summed E-state index contributed by atoms with van der Waals surface area (Å²) in [5.41, 5.74) is 0. The molecular formula is C21H19O4P3. The third-order valence-electron chi connectivity index (χ3n) is 3.87. The van der Waals surface area contributed by atoms with Crippen molar-refractivity contribution in [2.24, 2.45) is 0 Å². The van der Waals surface area contributed by atoms with Crippen molar-refractivity contribution in [3.8, 4) is 0 Å². The first-order valence-corrected chi connectivity index (χ1v) is 11.4. The van der Waals surface area contributed by atoms with E-state index in [0.717, 1.165) is 15.9 Å². The van der Waals surface area contributed by atoms with Crippen LogP contribution in [0.25, 0.3) is 0 Å². The van der Waals surface area contributed by atoms with Gasteiger partial charge in [0.15, 0.2) is 0 Å². The lowest BCUT2D eigenvalue weighted by atomic mass is 10.4. The molecule has 3 atom stereocenters. The summed E-state index contributed by atoms with van der Waals surface area (Å²) in [4.78, 5) is 23.9. The summed E-state index contributed by atoms with van der Waals surface area (Å²) < 4.78 is 5.52. The Labute approximate surface area is 169 Å². The van der Waals surface area contributed by atoms with Crippen LogP contribution in [0.1, 0.15) is 0 Å². The topological polar surface area (TPSA) is 63.6 Å². The minimum absolute atomic E-state index is 0.232. The largest absolute Gasteiger partial charge is 0.480 e. The maximum Gasteiger partial charge on any atom is 0.335 e. The molecule has 0 spiro atoms. The van der Waals surface area contributed by atoms with Crippen LogP contribution in [0.15, 0.2) is 91.0 Å². The van der Waals surface area contributed by atoms with Crippen LogP contribution < -0.4 is 15.9 Å². The van der Waals surface area contributed by atoms with Crippen LogP contribution in [0.2, 0.25) is 0 Å². The summed E-state index contributed by atoms with van der Waals surface area (Å²) in [6.07, 6.45) is 0. The van der Waals surface area contributed by atoms with Crippen LogP contribution >= 0.6 is 26.0 Å². The summed E-state index contributed by atoms with van der Waals surface area (Å²) in [5, 5.41) is 12.6. The Kier molecular flexibility index (Phi) is 7.29. The molecule has 28 heavy (non-hydrogen) atoms. The van der Waals surface area contributed by atoms with Gasteiger partial charge in [0.2, 0.25) is 4.90 Å². The van der Waals surface area contributed by atoms with E-state index < -0.39 is 16.8 Å². The fourth-order valence-electron chi connectivity index (χ4n) is 2.49. The molecule has 0 aliphatic heterocycles. The summed E-state index contributed by atoms with van der Waals surface area (Å²) in [6, 6.07) is 27.8. The van der Waals surface area contributed by atoms with Gasteiger partial charge >= 0.3 is 11.9 Å². The van der Waals surface area contributed by atoms with E-state index in [0.29, 0.717) is 0 Å². The monoisotopic (exact) mass is 428 g/mol. The molecule has 1 N–H and O–H groups in total. The Morgan fingerprint density at radius 1 is 0.679 bits per heavy atom. The number of carbonyl (C=O) groups is 2. The predicted molar refractivity (Wildman–Crippen MR) is 120 cm³/mol. The van der Waals surface area contributed by atoms with Gasteiger partial charge in [-0.2, -0.15) is 0 Å². The van der Waals surface area contributed by atoms with Crippen molar-refractivity contribution >= 4 is 53.8 Å². The zero-order valence-electron chi connectivity index (χ0n) is 14.8. The summed E-state index contributed by atoms with van der Waals surface area (Å²) in [7, 11) is -0.707. The molecule has 0 aliphatic carbocycles. The number of benzene rings is 3. The average Bonchev–Trinajstić information content (AvgIpc) is 2.73. The van der Waals surface area contributed by atoms with Gasteiger partial charge in [-0.15, -0.1) is 0 Å². The third kappa shape index (κ3) is 5.24. The highest BCUT2D eigenvalue weighted by Crippen LogP contribution is 2.48. The average molecular weight is 428 g/mol. The van der Waals surface area contributed by atoms with Gasteiger partial charge in [-0.1, -0.05) is 108 Å². The lowest BCUT2D eigenvalue weighted by Crippen LogP contribution is -2.41. The van der Waals surface area contributed by atoms with Gasteiger partial charge in [0.25, 0.3) is 0 Å². The molecule has 0 fully saturated rings. The summed E-state index contributed by atoms with van der Waals surface area (Å²) >= 11 is 0. The molecule has 3 unspecified atom stereocenters. The van der Waals surface area contributed by atoms with Gasteiger partial charge in [0.05, 0.1) is 0 Å². The highest BCUT2D eigenvalue weighted by Gasteiger charge is 2.48. The Morgan fingerprint density at radius 3 is 1.46 bits per heavy atom. The van der Waals surface area contributed by atoms with Crippen molar-refractivity contribution in [1.29, 1.82) is 0 Å². The fraction of sp³-hybridized carbons (Fsp3) is 0.0476. The number of rotatable bonds is 8. The SMILES string of the molecule is O=C(O)C(Pc1ccccc1)(Pc1ccccc1)C(=O)OPc1ccccc1. The van der Waals surface area contributed by atoms with E-state index in [2.05, 4.69) is 0 Å². The van der Waals surface area contributed by atoms with E-state index >= 15 is 0 Å². The van der Waals surface area contributed by atoms with E-state index in [1.165, 1.54) is 0 Å². The molecule has 7 heteroatoms. The van der Waals surface area contributed by atoms with E-state index in [9.17, 15) is 14.7 Å². The Bertz CT molecular complexity index is 877. The normalized spacial score (nSPS) is 14.0. The highest BCUT2D eigenvalue weighted by molar-refractivity contribution is 7.70. The second kappa shape index (κ2) is 9.89. The summed E-state index contributed by atoms with van der Waals surface area (Å²) in [6.45, 7) is 0. The smallest absolute Gasteiger partial charge is 0.335 e. The molecule has 142 valence electrons. The lowest BCUT2D eigenvalue weighted by Gasteiger charge is -2.27. The quantitative estimate of drug-likeness (QED) is 0.442. The molecular weight excluding hydrogens is 409 g/mol. The number of carboxylic acids is 1. The van der Waals surface area contributed by atoms with E-state index in [-0.39, 0.29) is 26.0 Å². The second-order valence-electron chi connectivity index (χ2n) is 5.89. The molecule has 0 radical (unpaired) electrons. The Hall–Kier alpha value is -2.11. The van der Waals surface area contributed by atoms with Crippen LogP contribution in [-0.4, -0.2) is 21.9 Å². The van der Waals surface area contributed by atoms with Crippen LogP contribution in [0.5, 0.6) is 0 Å². The van der Waals surface area contributed by atoms with E-state index in [1.807, 2.05) is 91.0 Å². The highest BCUT2D eigenvalue weighted by atomic mass is 31.1. The minimum Gasteiger partial charge on any atom is -0.480 e. The molecule has 0 heterocycles. The van der Waals surface area contributed by atoms with Crippen molar-refractivity contribution in [3.63, 3.8) is 0 Å². The molecule has 3 rings (SSSR count). The maximum atomic E-state index is 13.1. The molecule has 0 aliphatic rings. The van der Waals surface area contributed by atoms with Gasteiger partial charge in [0.1, 0.15) is 8.81 Å². The van der Waals surface area contributed by atoms with Crippen LogP contribution in [0, 0.1) is 0 Å². The zero-order valence-corrected chi connectivity index (χ0v) is 17.8. The molecule has 0 saturated heterocycles. The number of carboxylic acid groups (broad SMARTS) is 1. The summed E-state index contributed by atoms with van der Waals surface area (Å²) in [5.74, 6) is -1.84. The van der Waals surface area contributed by atoms with Crippen LogP contribution in [0.4, 0.5) is 0 Å². The number of hydrogen-bond donors (Lipinski definition) is 1. The van der Waals surface area contributed by atoms with Gasteiger partial charge in [-0.25, -0.2) is 4.79 Å². The molecule has 0 aromatic heterocycles. The molecule has 3 aromatic rings. The molecule has 4 nitrogen and oxygen atoms in total. The van der Waals surface area contributed by atoms with Crippen LogP contribution in [-0.2, 0) is 14.1 Å². The minimum atomic E-state index is -1.63. The molecule has 3 aromatic carbocycles. The fourth-order valence-corrected chi connectivity index (χ4v) is 6.61. The Morgan fingerprint density at radius 2 is 1.07 bits per heavy atom. The van der Waals surface area contributed by atoms with Gasteiger partial charge in [-0.3, -0.25) is 4.79 Å². The van der Waals surface area contributed by atoms with Crippen molar-refractivity contribution < 1.29 is 19.2 Å². The van der Waals surface area contributed by atoms with Gasteiger partial charge in [0, 0.05) is 5.30 Å². The van der Waals surface area contributed by atoms with Crippen LogP contribution in [0.3, 0.4) is 0 Å². The van der Waals surface area contributed by atoms with Crippen molar-refractivity contribution in [1.82, 2.24) is 0 Å². The Balaban J connectivity index is 1.91. The predicted octanol–water partition coefficient (Wildman–Crippen LogP) is 3.24. The van der Waals surface area contributed by atoms with Gasteiger partial charge < -0.3 is 9.63 Å². The molecule has 0 bridgehead atoms. The van der Waals surface area contributed by atoms with Crippen molar-refractivity contribution in [3.05, 3.63) is 91.0 Å². The number of carbonyl (C=O) groups excluding carboxylic acids is 1. The first-order valence-electron chi connectivity index (χ1n) is 8.52. The molecule has 0 saturated carbocycles. The number of hydrogen-bond acceptors (Lipinski definition) is 3. The first-order chi connectivity index (χ1) is 13.6. The first kappa shape index (κ1) is 20.6. The second-order valence-corrected chi connectivity index (χ2v) is 10.5. The number of aliphatic carboxylic acids is 1. The van der Waals surface area contributed by atoms with Gasteiger partial charge in [-0.05, 0) is 10.6 Å². The lowest BCUT2D eigenvalue weighted by molar-refractivity contribution is -0.146. The standard InChI is InChI=1S/C21H19O4P3/c22-19(23)21(26-16-10-4-1-5-11-16,27-17-12-6-2-7-13-17)20(24)25-28-18-14-8-3-9-15-18/h1-15,26-28H,(H,22,23). The maximum absolute atomic E-state index is 13.1. The molecule has 0 amide bonds. The van der Waals surface area contributed by atoms with E-state index in [1.54, 1.807) is 0 Å². The van der Waals surface area contributed by atoms with E-state index in [4.69, 9.17) is 4.52 Å². The van der Waals surface area contributed by atoms with Crippen molar-refractivity contribution in [2.45, 2.75) is 4.90 Å².